The molecule has 0 aromatic carbocycles. The van der Waals surface area contributed by atoms with Crippen molar-refractivity contribution in [1.29, 1.82) is 0 Å². The lowest BCUT2D eigenvalue weighted by Crippen LogP contribution is -2.50. The third kappa shape index (κ3) is 6.17. The molecule has 1 rings (SSSR count). The second-order valence-corrected chi connectivity index (χ2v) is 5.68. The molecule has 1 fully saturated rings. The maximum Gasteiger partial charge on any atom is 0.234 e. The fraction of sp³-hybridized carbons (Fsp3) is 0.750. The molecular formula is C16H27N3O2. The molecule has 1 saturated heterocycles. The summed E-state index contributed by atoms with van der Waals surface area (Å²) in [5.41, 5.74) is 0. The fourth-order valence-electron chi connectivity index (χ4n) is 2.54. The van der Waals surface area contributed by atoms with E-state index in [0.29, 0.717) is 19.1 Å². The first-order valence-corrected chi connectivity index (χ1v) is 7.80. The first kappa shape index (κ1) is 17.5. The Morgan fingerprint density at radius 2 is 2.10 bits per heavy atom. The molecule has 0 saturated carbocycles. The molecule has 0 unspecified atom stereocenters. The van der Waals surface area contributed by atoms with Crippen LogP contribution in [0.15, 0.2) is 0 Å². The van der Waals surface area contributed by atoms with E-state index in [-0.39, 0.29) is 24.3 Å². The largest absolute Gasteiger partial charge is 0.356 e. The summed E-state index contributed by atoms with van der Waals surface area (Å²) in [6.45, 7) is 6.14. The van der Waals surface area contributed by atoms with Gasteiger partial charge in [-0.25, -0.2) is 0 Å². The number of nitrogens with one attached hydrogen (secondary N) is 2. The van der Waals surface area contributed by atoms with Crippen LogP contribution >= 0.6 is 0 Å². The van der Waals surface area contributed by atoms with Gasteiger partial charge in [-0.2, -0.15) is 0 Å². The van der Waals surface area contributed by atoms with E-state index in [1.165, 1.54) is 0 Å². The number of hydrogen-bond donors (Lipinski definition) is 2. The Labute approximate surface area is 127 Å². The summed E-state index contributed by atoms with van der Waals surface area (Å²) in [5, 5.41) is 5.65. The van der Waals surface area contributed by atoms with E-state index in [0.717, 1.165) is 32.2 Å². The number of rotatable bonds is 7. The van der Waals surface area contributed by atoms with E-state index in [1.807, 2.05) is 0 Å². The summed E-state index contributed by atoms with van der Waals surface area (Å²) in [5.74, 6) is 2.41. The highest BCUT2D eigenvalue weighted by Crippen LogP contribution is 2.21. The van der Waals surface area contributed by atoms with Gasteiger partial charge in [-0.05, 0) is 26.2 Å². The fourth-order valence-corrected chi connectivity index (χ4v) is 2.54. The highest BCUT2D eigenvalue weighted by molar-refractivity contribution is 5.80. The average molecular weight is 293 g/mol. The van der Waals surface area contributed by atoms with Gasteiger partial charge in [0.2, 0.25) is 11.8 Å². The molecule has 118 valence electrons. The van der Waals surface area contributed by atoms with Crippen molar-refractivity contribution in [2.24, 2.45) is 5.92 Å². The monoisotopic (exact) mass is 293 g/mol. The lowest BCUT2D eigenvalue weighted by molar-refractivity contribution is -0.129. The van der Waals surface area contributed by atoms with Crippen LogP contribution in [0.4, 0.5) is 0 Å². The van der Waals surface area contributed by atoms with Crippen LogP contribution in [0.3, 0.4) is 0 Å². The van der Waals surface area contributed by atoms with Gasteiger partial charge in [-0.3, -0.25) is 14.5 Å². The minimum atomic E-state index is -0.0770. The standard InChI is InChI=1S/C16H27N3O2/c1-4-6-10-18-16(21)14-8-7-13(3)19(11-14)12-15(20)17-9-5-2/h2,13-14H,4,6-12H2,1,3H3,(H,17,20)(H,18,21)/t13-,14+/m0/s1. The Bertz CT molecular complexity index is 389. The van der Waals surface area contributed by atoms with Crippen LogP contribution in [0.5, 0.6) is 0 Å². The van der Waals surface area contributed by atoms with Crippen LogP contribution in [-0.4, -0.2) is 48.9 Å². The molecule has 2 atom stereocenters. The van der Waals surface area contributed by atoms with Gasteiger partial charge < -0.3 is 10.6 Å². The van der Waals surface area contributed by atoms with E-state index in [4.69, 9.17) is 6.42 Å². The Morgan fingerprint density at radius 3 is 2.76 bits per heavy atom. The van der Waals surface area contributed by atoms with Crippen molar-refractivity contribution in [2.75, 3.05) is 26.2 Å². The number of terminal acetylenes is 1. The van der Waals surface area contributed by atoms with E-state index >= 15 is 0 Å². The molecule has 5 heteroatoms. The Hall–Kier alpha value is -1.54. The first-order chi connectivity index (χ1) is 10.1. The highest BCUT2D eigenvalue weighted by Gasteiger charge is 2.30. The summed E-state index contributed by atoms with van der Waals surface area (Å²) in [6.07, 6.45) is 9.03. The lowest BCUT2D eigenvalue weighted by Gasteiger charge is -2.36. The predicted octanol–water partition coefficient (Wildman–Crippen LogP) is 0.753. The quantitative estimate of drug-likeness (QED) is 0.538. The normalized spacial score (nSPS) is 22.3. The number of nitrogens with zero attached hydrogens (tertiary/aromatic N) is 1. The molecule has 0 aromatic heterocycles. The Balaban J connectivity index is 2.44. The molecule has 1 aliphatic heterocycles. The second-order valence-electron chi connectivity index (χ2n) is 5.68. The zero-order valence-electron chi connectivity index (χ0n) is 13.2. The second kappa shape index (κ2) is 9.41. The van der Waals surface area contributed by atoms with Crippen LogP contribution in [-0.2, 0) is 9.59 Å². The Kier molecular flexibility index (Phi) is 7.84. The molecule has 1 heterocycles. The van der Waals surface area contributed by atoms with Gasteiger partial charge in [0.25, 0.3) is 0 Å². The molecule has 5 nitrogen and oxygen atoms in total. The minimum absolute atomic E-state index is 0.0153. The molecule has 0 aromatic rings. The van der Waals surface area contributed by atoms with Gasteiger partial charge in [0.1, 0.15) is 0 Å². The molecular weight excluding hydrogens is 266 g/mol. The summed E-state index contributed by atoms with van der Waals surface area (Å²) >= 11 is 0. The SMILES string of the molecule is C#CCNC(=O)CN1C[C@H](C(=O)NCCCC)CC[C@@H]1C. The topological polar surface area (TPSA) is 61.4 Å². The summed E-state index contributed by atoms with van der Waals surface area (Å²) in [6, 6.07) is 0.321. The van der Waals surface area contributed by atoms with Crippen molar-refractivity contribution in [1.82, 2.24) is 15.5 Å². The van der Waals surface area contributed by atoms with Crippen molar-refractivity contribution in [3.63, 3.8) is 0 Å². The number of unbranched alkanes of at least 4 members (excludes halogenated alkanes) is 1. The van der Waals surface area contributed by atoms with Gasteiger partial charge >= 0.3 is 0 Å². The van der Waals surface area contributed by atoms with Gasteiger partial charge in [0.05, 0.1) is 19.0 Å². The zero-order valence-corrected chi connectivity index (χ0v) is 13.2. The summed E-state index contributed by atoms with van der Waals surface area (Å²) < 4.78 is 0. The van der Waals surface area contributed by atoms with E-state index < -0.39 is 0 Å². The maximum atomic E-state index is 12.1. The molecule has 2 amide bonds. The first-order valence-electron chi connectivity index (χ1n) is 7.80. The number of amides is 2. The molecule has 0 aliphatic carbocycles. The highest BCUT2D eigenvalue weighted by atomic mass is 16.2. The smallest absolute Gasteiger partial charge is 0.234 e. The van der Waals surface area contributed by atoms with Crippen LogP contribution in [0.2, 0.25) is 0 Å². The van der Waals surface area contributed by atoms with Crippen molar-refractivity contribution in [2.45, 2.75) is 45.6 Å². The van der Waals surface area contributed by atoms with Crippen LogP contribution in [0.25, 0.3) is 0 Å². The maximum absolute atomic E-state index is 12.1. The number of piperidine rings is 1. The van der Waals surface area contributed by atoms with E-state index in [1.54, 1.807) is 0 Å². The number of likely N-dealkylation sites (tertiary alicyclic amines) is 1. The van der Waals surface area contributed by atoms with Gasteiger partial charge in [-0.1, -0.05) is 19.3 Å². The molecule has 21 heavy (non-hydrogen) atoms. The molecule has 2 N–H and O–H groups in total. The molecule has 0 bridgehead atoms. The molecule has 0 spiro atoms. The summed E-state index contributed by atoms with van der Waals surface area (Å²) in [7, 11) is 0. The van der Waals surface area contributed by atoms with Gasteiger partial charge in [0, 0.05) is 19.1 Å². The molecule has 1 aliphatic rings. The number of carbonyl (C=O) groups excluding carboxylic acids is 2. The third-order valence-corrected chi connectivity index (χ3v) is 3.95. The van der Waals surface area contributed by atoms with Crippen LogP contribution < -0.4 is 10.6 Å². The van der Waals surface area contributed by atoms with Gasteiger partial charge in [-0.15, -0.1) is 6.42 Å². The van der Waals surface area contributed by atoms with Gasteiger partial charge in [0.15, 0.2) is 0 Å². The van der Waals surface area contributed by atoms with Crippen LogP contribution in [0, 0.1) is 18.3 Å². The van der Waals surface area contributed by atoms with Crippen LogP contribution in [0.1, 0.15) is 39.5 Å². The number of hydrogen-bond acceptors (Lipinski definition) is 3. The predicted molar refractivity (Wildman–Crippen MR) is 83.5 cm³/mol. The van der Waals surface area contributed by atoms with E-state index in [9.17, 15) is 9.59 Å². The zero-order chi connectivity index (χ0) is 15.7. The van der Waals surface area contributed by atoms with E-state index in [2.05, 4.69) is 35.3 Å². The van der Waals surface area contributed by atoms with Crippen molar-refractivity contribution < 1.29 is 9.59 Å². The van der Waals surface area contributed by atoms with Crippen molar-refractivity contribution in [3.8, 4) is 12.3 Å². The number of carbonyl (C=O) groups is 2. The summed E-state index contributed by atoms with van der Waals surface area (Å²) in [4.78, 5) is 25.9. The lowest BCUT2D eigenvalue weighted by atomic mass is 9.92. The minimum Gasteiger partial charge on any atom is -0.356 e. The van der Waals surface area contributed by atoms with Crippen molar-refractivity contribution >= 4 is 11.8 Å². The Morgan fingerprint density at radius 1 is 1.33 bits per heavy atom. The molecule has 0 radical (unpaired) electrons. The average Bonchev–Trinajstić information content (AvgIpc) is 2.47. The van der Waals surface area contributed by atoms with Crippen molar-refractivity contribution in [3.05, 3.63) is 0 Å². The third-order valence-electron chi connectivity index (χ3n) is 3.95.